The molecule has 2 aromatic rings. The first-order chi connectivity index (χ1) is 9.10. The van der Waals surface area contributed by atoms with Crippen molar-refractivity contribution in [2.75, 3.05) is 0 Å². The molecule has 2 rings (SSSR count). The van der Waals surface area contributed by atoms with Crippen LogP contribution in [0.3, 0.4) is 0 Å². The van der Waals surface area contributed by atoms with Crippen molar-refractivity contribution in [3.05, 3.63) is 63.9 Å². The Labute approximate surface area is 118 Å². The zero-order valence-electron chi connectivity index (χ0n) is 11.2. The third kappa shape index (κ3) is 3.53. The molecule has 0 fully saturated rings. The van der Waals surface area contributed by atoms with E-state index in [1.54, 1.807) is 0 Å². The number of hydrogen-bond donors (Lipinski definition) is 2. The fourth-order valence-electron chi connectivity index (χ4n) is 2.22. The molecule has 0 amide bonds. The average Bonchev–Trinajstić information content (AvgIpc) is 2.37. The Kier molecular flexibility index (Phi) is 4.53. The summed E-state index contributed by atoms with van der Waals surface area (Å²) in [5.41, 5.74) is 7.15. The number of pyridine rings is 1. The highest BCUT2D eigenvalue weighted by Gasteiger charge is 2.14. The molecule has 0 bridgehead atoms. The highest BCUT2D eigenvalue weighted by atomic mass is 35.5. The molecule has 3 N–H and O–H groups in total. The van der Waals surface area contributed by atoms with E-state index in [0.717, 1.165) is 34.0 Å². The lowest BCUT2D eigenvalue weighted by atomic mass is 9.98. The van der Waals surface area contributed by atoms with E-state index in [1.807, 2.05) is 44.2 Å². The maximum Gasteiger partial charge on any atom is 0.0518 e. The molecule has 0 saturated carbocycles. The number of aromatic nitrogens is 1. The first-order valence-corrected chi connectivity index (χ1v) is 6.62. The van der Waals surface area contributed by atoms with Crippen LogP contribution in [0.25, 0.3) is 0 Å². The second-order valence-corrected chi connectivity index (χ2v) is 5.12. The zero-order chi connectivity index (χ0) is 13.8. The second kappa shape index (κ2) is 6.15. The summed E-state index contributed by atoms with van der Waals surface area (Å²) >= 11 is 6.01. The van der Waals surface area contributed by atoms with E-state index in [4.69, 9.17) is 17.4 Å². The molecule has 4 heteroatoms. The lowest BCUT2D eigenvalue weighted by Gasteiger charge is -2.18. The van der Waals surface area contributed by atoms with Crippen molar-refractivity contribution in [1.82, 2.24) is 10.4 Å². The summed E-state index contributed by atoms with van der Waals surface area (Å²) in [6, 6.07) is 11.9. The van der Waals surface area contributed by atoms with E-state index in [0.29, 0.717) is 0 Å². The molecule has 0 aliphatic heterocycles. The van der Waals surface area contributed by atoms with Crippen LogP contribution in [0, 0.1) is 13.8 Å². The number of benzene rings is 1. The maximum atomic E-state index is 6.01. The van der Waals surface area contributed by atoms with Crippen molar-refractivity contribution in [2.45, 2.75) is 26.3 Å². The molecule has 3 nitrogen and oxygen atoms in total. The molecule has 100 valence electrons. The largest absolute Gasteiger partial charge is 0.271 e. The highest BCUT2D eigenvalue weighted by molar-refractivity contribution is 6.30. The minimum atomic E-state index is 0.0339. The third-order valence-electron chi connectivity index (χ3n) is 3.17. The van der Waals surface area contributed by atoms with Crippen LogP contribution in [0.5, 0.6) is 0 Å². The summed E-state index contributed by atoms with van der Waals surface area (Å²) in [5, 5.41) is 0.743. The van der Waals surface area contributed by atoms with Gasteiger partial charge in [-0.15, -0.1) is 0 Å². The number of nitrogens with zero attached hydrogens (tertiary/aromatic N) is 1. The Morgan fingerprint density at radius 2 is 2.05 bits per heavy atom. The molecule has 1 unspecified atom stereocenters. The average molecular weight is 276 g/mol. The molecule has 0 aliphatic carbocycles. The predicted molar refractivity (Wildman–Crippen MR) is 78.9 cm³/mol. The molecule has 19 heavy (non-hydrogen) atoms. The van der Waals surface area contributed by atoms with Gasteiger partial charge in [0.15, 0.2) is 0 Å². The number of aryl methyl sites for hydroxylation is 2. The number of rotatable bonds is 4. The van der Waals surface area contributed by atoms with E-state index >= 15 is 0 Å². The first kappa shape index (κ1) is 14.0. The van der Waals surface area contributed by atoms with Gasteiger partial charge < -0.3 is 0 Å². The Balaban J connectivity index is 2.25. The lowest BCUT2D eigenvalue weighted by Crippen LogP contribution is -2.30. The molecule has 1 aromatic heterocycles. The van der Waals surface area contributed by atoms with Crippen LogP contribution in [-0.4, -0.2) is 4.98 Å². The molecule has 1 heterocycles. The normalized spacial score (nSPS) is 12.4. The zero-order valence-corrected chi connectivity index (χ0v) is 11.9. The van der Waals surface area contributed by atoms with Gasteiger partial charge in [0.2, 0.25) is 0 Å². The van der Waals surface area contributed by atoms with Crippen molar-refractivity contribution in [1.29, 1.82) is 0 Å². The summed E-state index contributed by atoms with van der Waals surface area (Å²) in [6.45, 7) is 3.99. The monoisotopic (exact) mass is 275 g/mol. The first-order valence-electron chi connectivity index (χ1n) is 6.25. The molecule has 0 spiro atoms. The number of nitrogens with one attached hydrogen (secondary N) is 1. The van der Waals surface area contributed by atoms with Gasteiger partial charge in [0.25, 0.3) is 0 Å². The fourth-order valence-corrected chi connectivity index (χ4v) is 2.44. The number of halogens is 1. The van der Waals surface area contributed by atoms with Crippen molar-refractivity contribution < 1.29 is 0 Å². The van der Waals surface area contributed by atoms with Gasteiger partial charge in [0, 0.05) is 16.4 Å². The third-order valence-corrected chi connectivity index (χ3v) is 3.41. The number of nitrogens with two attached hydrogens (primary N) is 1. The molecule has 1 atom stereocenters. The quantitative estimate of drug-likeness (QED) is 0.666. The second-order valence-electron chi connectivity index (χ2n) is 4.68. The summed E-state index contributed by atoms with van der Waals surface area (Å²) in [6.07, 6.45) is 0.780. The minimum absolute atomic E-state index is 0.0339. The van der Waals surface area contributed by atoms with Crippen LogP contribution in [0.15, 0.2) is 36.4 Å². The van der Waals surface area contributed by atoms with Gasteiger partial charge in [-0.3, -0.25) is 16.3 Å². The standard InChI is InChI=1S/C15H18ClN3/c1-10-6-7-14(11(2)18-10)15(19-17)9-12-4-3-5-13(16)8-12/h3-8,15,19H,9,17H2,1-2H3. The summed E-state index contributed by atoms with van der Waals surface area (Å²) < 4.78 is 0. The van der Waals surface area contributed by atoms with Gasteiger partial charge in [-0.25, -0.2) is 0 Å². The summed E-state index contributed by atoms with van der Waals surface area (Å²) in [4.78, 5) is 4.48. The molecular formula is C15H18ClN3. The van der Waals surface area contributed by atoms with Crippen molar-refractivity contribution >= 4 is 11.6 Å². The Bertz CT molecular complexity index is 569. The van der Waals surface area contributed by atoms with Gasteiger partial charge in [0.1, 0.15) is 0 Å². The Hall–Kier alpha value is -1.42. The minimum Gasteiger partial charge on any atom is -0.271 e. The van der Waals surface area contributed by atoms with E-state index in [9.17, 15) is 0 Å². The maximum absolute atomic E-state index is 6.01. The van der Waals surface area contributed by atoms with Crippen LogP contribution in [-0.2, 0) is 6.42 Å². The lowest BCUT2D eigenvalue weighted by molar-refractivity contribution is 0.547. The van der Waals surface area contributed by atoms with Gasteiger partial charge in [-0.1, -0.05) is 29.8 Å². The van der Waals surface area contributed by atoms with Gasteiger partial charge in [-0.05, 0) is 49.6 Å². The van der Waals surface area contributed by atoms with Crippen LogP contribution in [0.4, 0.5) is 0 Å². The summed E-state index contributed by atoms with van der Waals surface area (Å²) in [7, 11) is 0. The van der Waals surface area contributed by atoms with Crippen molar-refractivity contribution in [3.63, 3.8) is 0 Å². The fraction of sp³-hybridized carbons (Fsp3) is 0.267. The molecular weight excluding hydrogens is 258 g/mol. The van der Waals surface area contributed by atoms with Gasteiger partial charge in [0.05, 0.1) is 6.04 Å². The Morgan fingerprint density at radius 3 is 2.68 bits per heavy atom. The number of hydrogen-bond acceptors (Lipinski definition) is 3. The van der Waals surface area contributed by atoms with Crippen LogP contribution < -0.4 is 11.3 Å². The topological polar surface area (TPSA) is 50.9 Å². The molecule has 0 saturated heterocycles. The van der Waals surface area contributed by atoms with E-state index in [2.05, 4.69) is 16.5 Å². The van der Waals surface area contributed by atoms with Crippen LogP contribution in [0.1, 0.15) is 28.6 Å². The highest BCUT2D eigenvalue weighted by Crippen LogP contribution is 2.22. The van der Waals surface area contributed by atoms with Crippen molar-refractivity contribution in [3.8, 4) is 0 Å². The smallest absolute Gasteiger partial charge is 0.0518 e. The van der Waals surface area contributed by atoms with Crippen LogP contribution >= 0.6 is 11.6 Å². The summed E-state index contributed by atoms with van der Waals surface area (Å²) in [5.74, 6) is 5.69. The predicted octanol–water partition coefficient (Wildman–Crippen LogP) is 3.10. The van der Waals surface area contributed by atoms with Gasteiger partial charge >= 0.3 is 0 Å². The van der Waals surface area contributed by atoms with Crippen LogP contribution in [0.2, 0.25) is 5.02 Å². The molecule has 0 aliphatic rings. The number of hydrazine groups is 1. The molecule has 1 aromatic carbocycles. The van der Waals surface area contributed by atoms with E-state index < -0.39 is 0 Å². The molecule has 0 radical (unpaired) electrons. The van der Waals surface area contributed by atoms with Gasteiger partial charge in [-0.2, -0.15) is 0 Å². The van der Waals surface area contributed by atoms with Crippen molar-refractivity contribution in [2.24, 2.45) is 5.84 Å². The Morgan fingerprint density at radius 1 is 1.26 bits per heavy atom. The van der Waals surface area contributed by atoms with E-state index in [1.165, 1.54) is 0 Å². The SMILES string of the molecule is Cc1ccc(C(Cc2cccc(Cl)c2)NN)c(C)n1. The van der Waals surface area contributed by atoms with E-state index in [-0.39, 0.29) is 6.04 Å².